The number of benzene rings is 1. The molecule has 0 saturated carbocycles. The van der Waals surface area contributed by atoms with E-state index in [1.165, 1.54) is 6.08 Å². The fourth-order valence-corrected chi connectivity index (χ4v) is 2.63. The van der Waals surface area contributed by atoms with Crippen LogP contribution in [-0.4, -0.2) is 15.9 Å². The van der Waals surface area contributed by atoms with Crippen LogP contribution >= 0.6 is 11.6 Å². The predicted molar refractivity (Wildman–Crippen MR) is 105 cm³/mol. The third kappa shape index (κ3) is 4.77. The standard InChI is InChI=1S/C21H18ClN3O/c1-15(25-21(26)11-9-19-7-2-3-12-23-19)16-5-4-6-17(13-16)18-8-10-20(22)24-14-18/h2-15H,1H3,(H,25,26)/b11-9+. The average Bonchev–Trinajstić information content (AvgIpc) is 2.68. The fourth-order valence-electron chi connectivity index (χ4n) is 2.51. The number of pyridine rings is 2. The summed E-state index contributed by atoms with van der Waals surface area (Å²) in [6.07, 6.45) is 6.61. The largest absolute Gasteiger partial charge is 0.346 e. The third-order valence-electron chi connectivity index (χ3n) is 3.90. The monoisotopic (exact) mass is 363 g/mol. The van der Waals surface area contributed by atoms with E-state index in [2.05, 4.69) is 15.3 Å². The van der Waals surface area contributed by atoms with Gasteiger partial charge in [0.25, 0.3) is 0 Å². The van der Waals surface area contributed by atoms with Crippen molar-refractivity contribution in [1.29, 1.82) is 0 Å². The lowest BCUT2D eigenvalue weighted by Crippen LogP contribution is -2.24. The van der Waals surface area contributed by atoms with Crippen molar-refractivity contribution in [2.24, 2.45) is 0 Å². The SMILES string of the molecule is CC(NC(=O)/C=C/c1ccccn1)c1cccc(-c2ccc(Cl)nc2)c1. The van der Waals surface area contributed by atoms with E-state index in [1.807, 2.05) is 55.5 Å². The van der Waals surface area contributed by atoms with E-state index in [-0.39, 0.29) is 11.9 Å². The van der Waals surface area contributed by atoms with E-state index in [0.29, 0.717) is 5.15 Å². The Balaban J connectivity index is 1.69. The maximum absolute atomic E-state index is 12.1. The molecule has 1 N–H and O–H groups in total. The van der Waals surface area contributed by atoms with E-state index < -0.39 is 0 Å². The first-order chi connectivity index (χ1) is 12.6. The summed E-state index contributed by atoms with van der Waals surface area (Å²) >= 11 is 5.84. The first kappa shape index (κ1) is 17.8. The van der Waals surface area contributed by atoms with Crippen LogP contribution in [0.1, 0.15) is 24.2 Å². The number of carbonyl (C=O) groups excluding carboxylic acids is 1. The Bertz CT molecular complexity index is 908. The van der Waals surface area contributed by atoms with Gasteiger partial charge in [0.05, 0.1) is 11.7 Å². The first-order valence-electron chi connectivity index (χ1n) is 8.23. The zero-order valence-corrected chi connectivity index (χ0v) is 15.0. The van der Waals surface area contributed by atoms with Crippen molar-refractivity contribution in [1.82, 2.24) is 15.3 Å². The number of hydrogen-bond donors (Lipinski definition) is 1. The van der Waals surface area contributed by atoms with Gasteiger partial charge in [0.2, 0.25) is 5.91 Å². The predicted octanol–water partition coefficient (Wildman–Crippen LogP) is 4.69. The number of carbonyl (C=O) groups is 1. The Kier molecular flexibility index (Phi) is 5.77. The molecule has 1 unspecified atom stereocenters. The average molecular weight is 364 g/mol. The van der Waals surface area contributed by atoms with Gasteiger partial charge in [-0.3, -0.25) is 9.78 Å². The maximum Gasteiger partial charge on any atom is 0.244 e. The molecule has 1 amide bonds. The molecule has 1 aromatic carbocycles. The molecule has 0 fully saturated rings. The van der Waals surface area contributed by atoms with Gasteiger partial charge in [-0.1, -0.05) is 35.9 Å². The van der Waals surface area contributed by atoms with E-state index in [9.17, 15) is 4.79 Å². The number of hydrogen-bond acceptors (Lipinski definition) is 3. The number of amides is 1. The van der Waals surface area contributed by atoms with Crippen molar-refractivity contribution in [2.75, 3.05) is 0 Å². The Morgan fingerprint density at radius 1 is 1.08 bits per heavy atom. The van der Waals surface area contributed by atoms with Crippen molar-refractivity contribution in [3.8, 4) is 11.1 Å². The normalized spacial score (nSPS) is 12.1. The van der Waals surface area contributed by atoms with Crippen LogP contribution in [0, 0.1) is 0 Å². The highest BCUT2D eigenvalue weighted by Crippen LogP contribution is 2.23. The molecule has 0 spiro atoms. The van der Waals surface area contributed by atoms with Gasteiger partial charge in [0.15, 0.2) is 0 Å². The molecule has 3 aromatic rings. The molecule has 2 heterocycles. The van der Waals surface area contributed by atoms with E-state index in [1.54, 1.807) is 24.5 Å². The van der Waals surface area contributed by atoms with Crippen LogP contribution < -0.4 is 5.32 Å². The zero-order chi connectivity index (χ0) is 18.4. The quantitative estimate of drug-likeness (QED) is 0.528. The minimum atomic E-state index is -0.165. The van der Waals surface area contributed by atoms with E-state index in [4.69, 9.17) is 11.6 Å². The summed E-state index contributed by atoms with van der Waals surface area (Å²) in [5, 5.41) is 3.43. The van der Waals surface area contributed by atoms with Crippen molar-refractivity contribution >= 4 is 23.6 Å². The minimum Gasteiger partial charge on any atom is -0.346 e. The topological polar surface area (TPSA) is 54.9 Å². The lowest BCUT2D eigenvalue weighted by atomic mass is 10.0. The minimum absolute atomic E-state index is 0.129. The molecule has 5 heteroatoms. The summed E-state index contributed by atoms with van der Waals surface area (Å²) < 4.78 is 0. The molecule has 1 atom stereocenters. The summed E-state index contributed by atoms with van der Waals surface area (Å²) in [6.45, 7) is 1.95. The molecule has 3 rings (SSSR count). The van der Waals surface area contributed by atoms with Gasteiger partial charge >= 0.3 is 0 Å². The number of aromatic nitrogens is 2. The van der Waals surface area contributed by atoms with Crippen LogP contribution in [0.25, 0.3) is 17.2 Å². The van der Waals surface area contributed by atoms with E-state index >= 15 is 0 Å². The number of rotatable bonds is 5. The number of nitrogens with one attached hydrogen (secondary N) is 1. The molecule has 4 nitrogen and oxygen atoms in total. The fraction of sp³-hybridized carbons (Fsp3) is 0.0952. The molecule has 0 aliphatic rings. The van der Waals surface area contributed by atoms with Crippen molar-refractivity contribution in [2.45, 2.75) is 13.0 Å². The molecule has 130 valence electrons. The van der Waals surface area contributed by atoms with Gasteiger partial charge in [-0.05, 0) is 54.5 Å². The summed E-state index contributed by atoms with van der Waals surface area (Å²) in [4.78, 5) is 20.4. The Labute approximate surface area is 157 Å². The highest BCUT2D eigenvalue weighted by molar-refractivity contribution is 6.29. The summed E-state index contributed by atoms with van der Waals surface area (Å²) in [5.41, 5.74) is 3.76. The molecular formula is C21H18ClN3O. The molecule has 0 aliphatic heterocycles. The summed E-state index contributed by atoms with van der Waals surface area (Å²) in [7, 11) is 0. The van der Waals surface area contributed by atoms with Gasteiger partial charge < -0.3 is 5.32 Å². The molecule has 0 saturated heterocycles. The molecule has 0 bridgehead atoms. The van der Waals surface area contributed by atoms with Crippen LogP contribution in [0.2, 0.25) is 5.15 Å². The number of halogens is 1. The van der Waals surface area contributed by atoms with Gasteiger partial charge in [-0.25, -0.2) is 4.98 Å². The van der Waals surface area contributed by atoms with Crippen LogP contribution in [0.3, 0.4) is 0 Å². The van der Waals surface area contributed by atoms with Crippen LogP contribution in [-0.2, 0) is 4.79 Å². The molecule has 0 aliphatic carbocycles. The highest BCUT2D eigenvalue weighted by atomic mass is 35.5. The first-order valence-corrected chi connectivity index (χ1v) is 8.61. The van der Waals surface area contributed by atoms with Gasteiger partial charge in [-0.15, -0.1) is 0 Å². The Hall–Kier alpha value is -2.98. The summed E-state index contributed by atoms with van der Waals surface area (Å²) in [6, 6.07) is 17.1. The molecule has 0 radical (unpaired) electrons. The van der Waals surface area contributed by atoms with Crippen molar-refractivity contribution in [3.05, 3.63) is 89.5 Å². The van der Waals surface area contributed by atoms with Crippen LogP contribution in [0.15, 0.2) is 73.1 Å². The lowest BCUT2D eigenvalue weighted by Gasteiger charge is -2.14. The van der Waals surface area contributed by atoms with Gasteiger partial charge in [0, 0.05) is 24.0 Å². The highest BCUT2D eigenvalue weighted by Gasteiger charge is 2.09. The third-order valence-corrected chi connectivity index (χ3v) is 4.12. The second-order valence-electron chi connectivity index (χ2n) is 5.81. The molecule has 26 heavy (non-hydrogen) atoms. The van der Waals surface area contributed by atoms with Gasteiger partial charge in [-0.2, -0.15) is 0 Å². The van der Waals surface area contributed by atoms with Crippen molar-refractivity contribution in [3.63, 3.8) is 0 Å². The smallest absolute Gasteiger partial charge is 0.244 e. The Morgan fingerprint density at radius 2 is 1.96 bits per heavy atom. The van der Waals surface area contributed by atoms with Gasteiger partial charge in [0.1, 0.15) is 5.15 Å². The summed E-state index contributed by atoms with van der Waals surface area (Å²) in [5.74, 6) is -0.165. The number of nitrogens with zero attached hydrogens (tertiary/aromatic N) is 2. The second kappa shape index (κ2) is 8.41. The zero-order valence-electron chi connectivity index (χ0n) is 14.3. The molecule has 2 aromatic heterocycles. The maximum atomic E-state index is 12.1. The Morgan fingerprint density at radius 3 is 2.69 bits per heavy atom. The molecular weight excluding hydrogens is 346 g/mol. The second-order valence-corrected chi connectivity index (χ2v) is 6.20. The van der Waals surface area contributed by atoms with Crippen molar-refractivity contribution < 1.29 is 4.79 Å². The lowest BCUT2D eigenvalue weighted by molar-refractivity contribution is -0.117. The van der Waals surface area contributed by atoms with E-state index in [0.717, 1.165) is 22.4 Å². The van der Waals surface area contributed by atoms with Crippen LogP contribution in [0.4, 0.5) is 0 Å². The van der Waals surface area contributed by atoms with Crippen LogP contribution in [0.5, 0.6) is 0 Å².